The van der Waals surface area contributed by atoms with Gasteiger partial charge < -0.3 is 15.2 Å². The number of nitrogens with one attached hydrogen (secondary N) is 1. The van der Waals surface area contributed by atoms with E-state index in [4.69, 9.17) is 4.74 Å². The molecular formula is C19H24FNO2S. The quantitative estimate of drug-likeness (QED) is 0.738. The number of benzene rings is 2. The maximum Gasteiger partial charge on any atom is 0.132 e. The van der Waals surface area contributed by atoms with E-state index in [1.165, 1.54) is 12.1 Å². The second kappa shape index (κ2) is 8.01. The number of rotatable bonds is 7. The van der Waals surface area contributed by atoms with Gasteiger partial charge in [-0.1, -0.05) is 18.2 Å². The molecule has 0 aromatic heterocycles. The summed E-state index contributed by atoms with van der Waals surface area (Å²) in [6.07, 6.45) is 2.01. The van der Waals surface area contributed by atoms with Crippen LogP contribution in [0.5, 0.6) is 5.75 Å². The molecule has 130 valence electrons. The average Bonchev–Trinajstić information content (AvgIpc) is 2.59. The van der Waals surface area contributed by atoms with Crippen LogP contribution in [0, 0.1) is 5.82 Å². The fourth-order valence-electron chi connectivity index (χ4n) is 2.50. The number of hydrogen-bond acceptors (Lipinski definition) is 4. The van der Waals surface area contributed by atoms with E-state index in [1.54, 1.807) is 37.9 Å². The molecule has 0 saturated heterocycles. The van der Waals surface area contributed by atoms with Crippen LogP contribution >= 0.6 is 11.8 Å². The van der Waals surface area contributed by atoms with Crippen LogP contribution in [0.4, 0.5) is 4.39 Å². The van der Waals surface area contributed by atoms with Gasteiger partial charge in [0, 0.05) is 17.5 Å². The maximum atomic E-state index is 13.0. The maximum absolute atomic E-state index is 13.0. The topological polar surface area (TPSA) is 41.5 Å². The highest BCUT2D eigenvalue weighted by molar-refractivity contribution is 7.98. The molecule has 0 heterocycles. The molecule has 0 aliphatic heterocycles. The number of thioether (sulfide) groups is 1. The van der Waals surface area contributed by atoms with Gasteiger partial charge in [0.1, 0.15) is 11.6 Å². The van der Waals surface area contributed by atoms with E-state index < -0.39 is 5.60 Å². The first-order chi connectivity index (χ1) is 11.4. The zero-order valence-corrected chi connectivity index (χ0v) is 15.3. The van der Waals surface area contributed by atoms with Crippen molar-refractivity contribution in [2.24, 2.45) is 0 Å². The Morgan fingerprint density at radius 2 is 1.92 bits per heavy atom. The highest BCUT2D eigenvalue weighted by atomic mass is 32.2. The van der Waals surface area contributed by atoms with Crippen molar-refractivity contribution in [2.75, 3.05) is 19.9 Å². The third kappa shape index (κ3) is 4.50. The van der Waals surface area contributed by atoms with E-state index in [-0.39, 0.29) is 11.9 Å². The summed E-state index contributed by atoms with van der Waals surface area (Å²) >= 11 is 1.64. The van der Waals surface area contributed by atoms with Crippen molar-refractivity contribution in [3.63, 3.8) is 0 Å². The Balaban J connectivity index is 2.06. The van der Waals surface area contributed by atoms with Crippen molar-refractivity contribution in [3.05, 3.63) is 59.4 Å². The van der Waals surface area contributed by atoms with Crippen molar-refractivity contribution >= 4 is 11.8 Å². The lowest BCUT2D eigenvalue weighted by molar-refractivity contribution is 0.0543. The highest BCUT2D eigenvalue weighted by Gasteiger charge is 2.24. The fourth-order valence-corrected chi connectivity index (χ4v) is 3.05. The van der Waals surface area contributed by atoms with E-state index in [9.17, 15) is 9.50 Å². The van der Waals surface area contributed by atoms with E-state index in [0.717, 1.165) is 16.2 Å². The Morgan fingerprint density at radius 3 is 2.50 bits per heavy atom. The molecule has 0 amide bonds. The lowest BCUT2D eigenvalue weighted by Crippen LogP contribution is -2.36. The number of aliphatic hydroxyl groups is 1. The molecule has 0 radical (unpaired) electrons. The molecule has 24 heavy (non-hydrogen) atoms. The normalized spacial score (nSPS) is 14.9. The third-order valence-electron chi connectivity index (χ3n) is 4.13. The molecule has 0 spiro atoms. The predicted octanol–water partition coefficient (Wildman–Crippen LogP) is 4.11. The monoisotopic (exact) mass is 349 g/mol. The van der Waals surface area contributed by atoms with Gasteiger partial charge in [-0.2, -0.15) is 0 Å². The summed E-state index contributed by atoms with van der Waals surface area (Å²) in [7, 11) is 1.66. The summed E-state index contributed by atoms with van der Waals surface area (Å²) in [6.45, 7) is 4.11. The SMILES string of the molecule is COc1cc(C(C)NCC(C)(O)c2ccc(F)cc2)ccc1SC. The van der Waals surface area contributed by atoms with E-state index >= 15 is 0 Å². The molecule has 5 heteroatoms. The van der Waals surface area contributed by atoms with Crippen molar-refractivity contribution < 1.29 is 14.2 Å². The van der Waals surface area contributed by atoms with Gasteiger partial charge in [-0.15, -0.1) is 11.8 Å². The lowest BCUT2D eigenvalue weighted by atomic mass is 9.95. The second-order valence-corrected chi connectivity index (χ2v) is 6.85. The van der Waals surface area contributed by atoms with Crippen molar-refractivity contribution in [2.45, 2.75) is 30.4 Å². The molecule has 0 aliphatic rings. The molecule has 0 fully saturated rings. The second-order valence-electron chi connectivity index (χ2n) is 6.00. The Labute approximate surface area is 147 Å². The van der Waals surface area contributed by atoms with Crippen molar-refractivity contribution in [3.8, 4) is 5.75 Å². The molecule has 0 saturated carbocycles. The van der Waals surface area contributed by atoms with Crippen LogP contribution in [0.1, 0.15) is 31.0 Å². The molecule has 2 aromatic carbocycles. The number of ether oxygens (including phenoxy) is 1. The molecule has 2 N–H and O–H groups in total. The van der Waals surface area contributed by atoms with Crippen LogP contribution in [0.2, 0.25) is 0 Å². The molecule has 0 aliphatic carbocycles. The lowest BCUT2D eigenvalue weighted by Gasteiger charge is -2.27. The van der Waals surface area contributed by atoms with Gasteiger partial charge in [-0.05, 0) is 55.5 Å². The Kier molecular flexibility index (Phi) is 6.27. The summed E-state index contributed by atoms with van der Waals surface area (Å²) in [6, 6.07) is 12.1. The van der Waals surface area contributed by atoms with Gasteiger partial charge in [0.15, 0.2) is 0 Å². The molecular weight excluding hydrogens is 325 g/mol. The standard InChI is InChI=1S/C19H24FNO2S/c1-13(14-5-10-18(24-4)17(11-14)23-3)21-12-19(2,22)15-6-8-16(20)9-7-15/h5-11,13,21-22H,12H2,1-4H3. The Bertz CT molecular complexity index is 674. The molecule has 3 nitrogen and oxygen atoms in total. The molecule has 2 rings (SSSR count). The average molecular weight is 349 g/mol. The first-order valence-electron chi connectivity index (χ1n) is 7.81. The van der Waals surface area contributed by atoms with Gasteiger partial charge in [0.05, 0.1) is 12.7 Å². The zero-order valence-electron chi connectivity index (χ0n) is 14.5. The van der Waals surface area contributed by atoms with Gasteiger partial charge in [-0.25, -0.2) is 4.39 Å². The molecule has 2 atom stereocenters. The van der Waals surface area contributed by atoms with Crippen LogP contribution in [0.25, 0.3) is 0 Å². The largest absolute Gasteiger partial charge is 0.496 e. The Morgan fingerprint density at radius 1 is 1.25 bits per heavy atom. The third-order valence-corrected chi connectivity index (χ3v) is 4.90. The van der Waals surface area contributed by atoms with Gasteiger partial charge in [0.2, 0.25) is 0 Å². The minimum atomic E-state index is -1.08. The summed E-state index contributed by atoms with van der Waals surface area (Å²) in [5.74, 6) is 0.538. The minimum absolute atomic E-state index is 0.0433. The van der Waals surface area contributed by atoms with E-state index in [2.05, 4.69) is 11.4 Å². The summed E-state index contributed by atoms with van der Waals surface area (Å²) in [5.41, 5.74) is 0.684. The summed E-state index contributed by atoms with van der Waals surface area (Å²) < 4.78 is 18.5. The molecule has 0 bridgehead atoms. The van der Waals surface area contributed by atoms with Crippen LogP contribution < -0.4 is 10.1 Å². The van der Waals surface area contributed by atoms with Gasteiger partial charge in [-0.3, -0.25) is 0 Å². The van der Waals surface area contributed by atoms with Crippen LogP contribution in [-0.4, -0.2) is 25.0 Å². The van der Waals surface area contributed by atoms with Gasteiger partial charge >= 0.3 is 0 Å². The van der Waals surface area contributed by atoms with Crippen LogP contribution in [0.15, 0.2) is 47.4 Å². The smallest absolute Gasteiger partial charge is 0.132 e. The predicted molar refractivity (Wildman–Crippen MR) is 97.2 cm³/mol. The van der Waals surface area contributed by atoms with Gasteiger partial charge in [0.25, 0.3) is 0 Å². The van der Waals surface area contributed by atoms with E-state index in [1.807, 2.05) is 25.3 Å². The molecule has 2 unspecified atom stereocenters. The summed E-state index contributed by atoms with van der Waals surface area (Å²) in [5, 5.41) is 14.0. The molecule has 2 aromatic rings. The first kappa shape index (κ1) is 18.8. The highest BCUT2D eigenvalue weighted by Crippen LogP contribution is 2.30. The number of hydrogen-bond donors (Lipinski definition) is 2. The van der Waals surface area contributed by atoms with Crippen molar-refractivity contribution in [1.29, 1.82) is 0 Å². The zero-order chi connectivity index (χ0) is 17.7. The minimum Gasteiger partial charge on any atom is -0.496 e. The summed E-state index contributed by atoms with van der Waals surface area (Å²) in [4.78, 5) is 1.09. The van der Waals surface area contributed by atoms with Crippen LogP contribution in [0.3, 0.4) is 0 Å². The Hall–Kier alpha value is -1.56. The number of methoxy groups -OCH3 is 1. The number of halogens is 1. The van der Waals surface area contributed by atoms with Crippen LogP contribution in [-0.2, 0) is 5.60 Å². The van der Waals surface area contributed by atoms with E-state index in [0.29, 0.717) is 12.1 Å². The first-order valence-corrected chi connectivity index (χ1v) is 9.03. The fraction of sp³-hybridized carbons (Fsp3) is 0.368. The van der Waals surface area contributed by atoms with Crippen molar-refractivity contribution in [1.82, 2.24) is 5.32 Å².